The fraction of sp³-hybridized carbons (Fsp3) is 0.176. The summed E-state index contributed by atoms with van der Waals surface area (Å²) in [5, 5.41) is 0. The number of hydrogen-bond donors (Lipinski definition) is 2. The minimum absolute atomic E-state index is 0.201. The molecule has 0 aliphatic rings. The average molecular weight is 395 g/mol. The maximum Gasteiger partial charge on any atom is 0.276 e. The van der Waals surface area contributed by atoms with E-state index in [-0.39, 0.29) is 12.2 Å². The number of benzene rings is 2. The third kappa shape index (κ3) is 5.06. The van der Waals surface area contributed by atoms with Gasteiger partial charge in [0.05, 0.1) is 5.56 Å². The van der Waals surface area contributed by atoms with Crippen LogP contribution in [0.5, 0.6) is 5.75 Å². The van der Waals surface area contributed by atoms with E-state index in [0.29, 0.717) is 10.2 Å². The summed E-state index contributed by atoms with van der Waals surface area (Å²) in [5.41, 5.74) is 6.75. The molecule has 5 nitrogen and oxygen atoms in total. The van der Waals surface area contributed by atoms with Crippen LogP contribution in [-0.4, -0.2) is 18.4 Å². The molecule has 7 heteroatoms. The number of nitrogens with one attached hydrogen (secondary N) is 2. The van der Waals surface area contributed by atoms with Crippen LogP contribution in [0.3, 0.4) is 0 Å². The molecular formula is C17H16BrFN2O3. The van der Waals surface area contributed by atoms with Crippen molar-refractivity contribution >= 4 is 27.7 Å². The van der Waals surface area contributed by atoms with Gasteiger partial charge in [0.15, 0.2) is 6.61 Å². The Bertz CT molecular complexity index is 760. The highest BCUT2D eigenvalue weighted by Gasteiger charge is 2.12. The molecule has 0 aliphatic heterocycles. The lowest BCUT2D eigenvalue weighted by Gasteiger charge is -2.10. The second-order valence-electron chi connectivity index (χ2n) is 5.24. The van der Waals surface area contributed by atoms with Gasteiger partial charge in [0, 0.05) is 4.47 Å². The molecule has 0 saturated carbocycles. The minimum atomic E-state index is -0.568. The third-order valence-electron chi connectivity index (χ3n) is 3.06. The fourth-order valence-electron chi connectivity index (χ4n) is 2.07. The van der Waals surface area contributed by atoms with Gasteiger partial charge in [0.25, 0.3) is 11.8 Å². The second kappa shape index (κ2) is 7.92. The first kappa shape index (κ1) is 17.9. The van der Waals surface area contributed by atoms with Crippen LogP contribution in [0.1, 0.15) is 21.5 Å². The summed E-state index contributed by atoms with van der Waals surface area (Å²) < 4.78 is 18.7. The Morgan fingerprint density at radius 3 is 2.38 bits per heavy atom. The van der Waals surface area contributed by atoms with Crippen molar-refractivity contribution in [3.63, 3.8) is 0 Å². The maximum absolute atomic E-state index is 13.0. The number of amides is 2. The molecule has 2 amide bonds. The van der Waals surface area contributed by atoms with E-state index in [1.807, 2.05) is 32.0 Å². The first-order valence-electron chi connectivity index (χ1n) is 7.10. The highest BCUT2D eigenvalue weighted by atomic mass is 79.9. The Kier molecular flexibility index (Phi) is 5.92. The van der Waals surface area contributed by atoms with Gasteiger partial charge in [-0.2, -0.15) is 0 Å². The molecule has 0 atom stereocenters. The molecule has 0 fully saturated rings. The predicted molar refractivity (Wildman–Crippen MR) is 91.1 cm³/mol. The first-order valence-corrected chi connectivity index (χ1v) is 7.90. The van der Waals surface area contributed by atoms with Crippen LogP contribution in [0.2, 0.25) is 0 Å². The topological polar surface area (TPSA) is 67.4 Å². The molecule has 2 N–H and O–H groups in total. The Balaban J connectivity index is 1.85. The molecule has 24 heavy (non-hydrogen) atoms. The summed E-state index contributed by atoms with van der Waals surface area (Å²) in [7, 11) is 0. The molecule has 0 spiro atoms. The zero-order valence-electron chi connectivity index (χ0n) is 13.2. The van der Waals surface area contributed by atoms with Crippen LogP contribution in [0.15, 0.2) is 40.9 Å². The van der Waals surface area contributed by atoms with Gasteiger partial charge < -0.3 is 4.74 Å². The molecule has 2 aromatic rings. The number of aryl methyl sites for hydroxylation is 2. The van der Waals surface area contributed by atoms with Crippen LogP contribution in [0.4, 0.5) is 4.39 Å². The molecular weight excluding hydrogens is 379 g/mol. The van der Waals surface area contributed by atoms with Gasteiger partial charge in [-0.25, -0.2) is 4.39 Å². The number of rotatable bonds is 4. The lowest BCUT2D eigenvalue weighted by molar-refractivity contribution is -0.123. The highest BCUT2D eigenvalue weighted by Crippen LogP contribution is 2.18. The van der Waals surface area contributed by atoms with E-state index in [1.54, 1.807) is 0 Å². The number of hydrogen-bond acceptors (Lipinski definition) is 3. The molecule has 0 aromatic heterocycles. The van der Waals surface area contributed by atoms with Crippen molar-refractivity contribution in [3.05, 3.63) is 63.4 Å². The Morgan fingerprint density at radius 1 is 1.08 bits per heavy atom. The molecule has 0 radical (unpaired) electrons. The van der Waals surface area contributed by atoms with Crippen LogP contribution in [0.25, 0.3) is 0 Å². The summed E-state index contributed by atoms with van der Waals surface area (Å²) in [6.45, 7) is 3.62. The number of halogens is 2. The number of ether oxygens (including phenoxy) is 1. The summed E-state index contributed by atoms with van der Waals surface area (Å²) in [6.07, 6.45) is 0. The van der Waals surface area contributed by atoms with Crippen LogP contribution in [-0.2, 0) is 4.79 Å². The molecule has 0 aliphatic carbocycles. The zero-order chi connectivity index (χ0) is 17.7. The summed E-state index contributed by atoms with van der Waals surface area (Å²) in [5.74, 6) is -0.970. The highest BCUT2D eigenvalue weighted by molar-refractivity contribution is 9.10. The van der Waals surface area contributed by atoms with Crippen LogP contribution in [0, 0.1) is 19.7 Å². The molecule has 2 rings (SSSR count). The van der Waals surface area contributed by atoms with E-state index in [4.69, 9.17) is 4.74 Å². The minimum Gasteiger partial charge on any atom is -0.484 e. The standard InChI is InChI=1S/C17H16BrFN2O3/c1-10-5-11(2)7-13(6-10)24-9-16(22)20-21-17(23)14-4-3-12(19)8-15(14)18/h3-8H,9H2,1-2H3,(H,20,22)(H,21,23). The smallest absolute Gasteiger partial charge is 0.276 e. The Morgan fingerprint density at radius 2 is 1.75 bits per heavy atom. The maximum atomic E-state index is 13.0. The van der Waals surface area contributed by atoms with Crippen LogP contribution < -0.4 is 15.6 Å². The normalized spacial score (nSPS) is 10.2. The Hall–Kier alpha value is -2.41. The third-order valence-corrected chi connectivity index (χ3v) is 3.71. The Labute approximate surface area is 147 Å². The van der Waals surface area contributed by atoms with Crippen molar-refractivity contribution in [3.8, 4) is 5.75 Å². The number of hydrazine groups is 1. The number of carbonyl (C=O) groups is 2. The van der Waals surface area contributed by atoms with Gasteiger partial charge in [-0.15, -0.1) is 0 Å². The van der Waals surface area contributed by atoms with Gasteiger partial charge in [-0.3, -0.25) is 20.4 Å². The van der Waals surface area contributed by atoms with Gasteiger partial charge in [-0.1, -0.05) is 6.07 Å². The van der Waals surface area contributed by atoms with E-state index < -0.39 is 17.6 Å². The van der Waals surface area contributed by atoms with Crippen molar-refractivity contribution in [2.75, 3.05) is 6.61 Å². The SMILES string of the molecule is Cc1cc(C)cc(OCC(=O)NNC(=O)c2ccc(F)cc2Br)c1. The van der Waals surface area contributed by atoms with E-state index in [9.17, 15) is 14.0 Å². The summed E-state index contributed by atoms with van der Waals surface area (Å²) in [6, 6.07) is 9.26. The van der Waals surface area contributed by atoms with Crippen molar-refractivity contribution in [2.45, 2.75) is 13.8 Å². The van der Waals surface area contributed by atoms with E-state index in [1.165, 1.54) is 12.1 Å². The monoisotopic (exact) mass is 394 g/mol. The second-order valence-corrected chi connectivity index (χ2v) is 6.09. The fourth-order valence-corrected chi connectivity index (χ4v) is 2.60. The summed E-state index contributed by atoms with van der Waals surface area (Å²) in [4.78, 5) is 23.7. The quantitative estimate of drug-likeness (QED) is 0.783. The van der Waals surface area contributed by atoms with Gasteiger partial charge in [-0.05, 0) is 71.2 Å². The molecule has 0 heterocycles. The van der Waals surface area contributed by atoms with Gasteiger partial charge >= 0.3 is 0 Å². The first-order chi connectivity index (χ1) is 11.3. The lowest BCUT2D eigenvalue weighted by Crippen LogP contribution is -2.43. The predicted octanol–water partition coefficient (Wildman–Crippen LogP) is 3.05. The average Bonchev–Trinajstić information content (AvgIpc) is 2.49. The molecule has 0 bridgehead atoms. The van der Waals surface area contributed by atoms with Crippen molar-refractivity contribution in [2.24, 2.45) is 0 Å². The van der Waals surface area contributed by atoms with Crippen LogP contribution >= 0.6 is 15.9 Å². The molecule has 126 valence electrons. The zero-order valence-corrected chi connectivity index (χ0v) is 14.7. The van der Waals surface area contributed by atoms with Crippen molar-refractivity contribution in [1.29, 1.82) is 0 Å². The van der Waals surface area contributed by atoms with E-state index >= 15 is 0 Å². The van der Waals surface area contributed by atoms with E-state index in [0.717, 1.165) is 17.2 Å². The van der Waals surface area contributed by atoms with Crippen molar-refractivity contribution < 1.29 is 18.7 Å². The van der Waals surface area contributed by atoms with Crippen molar-refractivity contribution in [1.82, 2.24) is 10.9 Å². The summed E-state index contributed by atoms with van der Waals surface area (Å²) >= 11 is 3.09. The largest absolute Gasteiger partial charge is 0.484 e. The van der Waals surface area contributed by atoms with Gasteiger partial charge in [0.2, 0.25) is 0 Å². The molecule has 0 saturated heterocycles. The lowest BCUT2D eigenvalue weighted by atomic mass is 10.1. The van der Waals surface area contributed by atoms with E-state index in [2.05, 4.69) is 26.8 Å². The molecule has 2 aromatic carbocycles. The molecule has 0 unspecified atom stereocenters. The number of carbonyl (C=O) groups excluding carboxylic acids is 2. The van der Waals surface area contributed by atoms with Gasteiger partial charge in [0.1, 0.15) is 11.6 Å².